The van der Waals surface area contributed by atoms with Gasteiger partial charge in [0.15, 0.2) is 0 Å². The lowest BCUT2D eigenvalue weighted by molar-refractivity contribution is 0.765. The average Bonchev–Trinajstić information content (AvgIpc) is 2.58. The maximum atomic E-state index is 4.15. The summed E-state index contributed by atoms with van der Waals surface area (Å²) < 4.78 is 2.62. The molecule has 0 spiro atoms. The molecular formula is C7H7BrN4. The summed E-state index contributed by atoms with van der Waals surface area (Å²) in [6, 6.07) is 3.84. The van der Waals surface area contributed by atoms with Crippen molar-refractivity contribution in [2.45, 2.75) is 0 Å². The molecular weight excluding hydrogens is 220 g/mol. The Morgan fingerprint density at radius 3 is 2.92 bits per heavy atom. The zero-order valence-electron chi connectivity index (χ0n) is 6.45. The Labute approximate surface area is 77.7 Å². The molecule has 0 saturated heterocycles. The van der Waals surface area contributed by atoms with Crippen LogP contribution in [0.2, 0.25) is 0 Å². The Kier molecular flexibility index (Phi) is 1.73. The lowest BCUT2D eigenvalue weighted by atomic mass is 10.3. The average molecular weight is 227 g/mol. The summed E-state index contributed by atoms with van der Waals surface area (Å²) in [5.41, 5.74) is 1.98. The van der Waals surface area contributed by atoms with Gasteiger partial charge in [0.25, 0.3) is 0 Å². The van der Waals surface area contributed by atoms with Crippen LogP contribution in [0.15, 0.2) is 22.9 Å². The molecule has 0 atom stereocenters. The van der Waals surface area contributed by atoms with Crippen LogP contribution in [0.25, 0.3) is 11.4 Å². The number of nitrogens with zero attached hydrogens (tertiary/aromatic N) is 3. The molecule has 0 bridgehead atoms. The first kappa shape index (κ1) is 7.54. The van der Waals surface area contributed by atoms with Crippen LogP contribution in [0, 0.1) is 0 Å². The zero-order valence-corrected chi connectivity index (χ0v) is 8.04. The lowest BCUT2D eigenvalue weighted by Gasteiger charge is -1.95. The molecule has 2 aromatic heterocycles. The summed E-state index contributed by atoms with van der Waals surface area (Å²) >= 11 is 3.30. The standard InChI is InChI=1S/C7H7BrN4/c1-12-6(4-7(8)11-12)5-2-3-9-10-5/h2-4H,1H3,(H,9,10). The van der Waals surface area contributed by atoms with E-state index in [1.54, 1.807) is 10.9 Å². The molecule has 0 aliphatic heterocycles. The summed E-state index contributed by atoms with van der Waals surface area (Å²) in [6.07, 6.45) is 1.72. The Morgan fingerprint density at radius 1 is 1.58 bits per heavy atom. The highest BCUT2D eigenvalue weighted by atomic mass is 79.9. The van der Waals surface area contributed by atoms with Crippen molar-refractivity contribution in [2.24, 2.45) is 7.05 Å². The fourth-order valence-corrected chi connectivity index (χ4v) is 1.54. The Morgan fingerprint density at radius 2 is 2.42 bits per heavy atom. The number of halogens is 1. The Hall–Kier alpha value is -1.10. The van der Waals surface area contributed by atoms with Gasteiger partial charge in [-0.25, -0.2) is 0 Å². The van der Waals surface area contributed by atoms with E-state index in [1.807, 2.05) is 19.2 Å². The molecule has 5 heteroatoms. The van der Waals surface area contributed by atoms with Crippen LogP contribution in [0.4, 0.5) is 0 Å². The summed E-state index contributed by atoms with van der Waals surface area (Å²) in [4.78, 5) is 0. The first-order chi connectivity index (χ1) is 5.77. The van der Waals surface area contributed by atoms with Crippen molar-refractivity contribution in [2.75, 3.05) is 0 Å². The third-order valence-electron chi connectivity index (χ3n) is 1.63. The molecule has 2 aromatic rings. The maximum Gasteiger partial charge on any atom is 0.128 e. The molecule has 0 aliphatic carbocycles. The number of aryl methyl sites for hydroxylation is 1. The highest BCUT2D eigenvalue weighted by molar-refractivity contribution is 9.10. The number of nitrogens with one attached hydrogen (secondary N) is 1. The topological polar surface area (TPSA) is 46.5 Å². The lowest BCUT2D eigenvalue weighted by Crippen LogP contribution is -1.93. The van der Waals surface area contributed by atoms with Gasteiger partial charge in [0.2, 0.25) is 0 Å². The second kappa shape index (κ2) is 2.75. The minimum absolute atomic E-state index is 0.828. The summed E-state index contributed by atoms with van der Waals surface area (Å²) in [5, 5.41) is 10.9. The highest BCUT2D eigenvalue weighted by Crippen LogP contribution is 2.19. The molecule has 12 heavy (non-hydrogen) atoms. The molecule has 0 aliphatic rings. The van der Waals surface area contributed by atoms with E-state index >= 15 is 0 Å². The van der Waals surface area contributed by atoms with Gasteiger partial charge < -0.3 is 0 Å². The number of rotatable bonds is 1. The molecule has 0 radical (unpaired) electrons. The monoisotopic (exact) mass is 226 g/mol. The van der Waals surface area contributed by atoms with E-state index in [2.05, 4.69) is 31.2 Å². The fourth-order valence-electron chi connectivity index (χ4n) is 1.08. The largest absolute Gasteiger partial charge is 0.276 e. The van der Waals surface area contributed by atoms with Gasteiger partial charge in [-0.3, -0.25) is 9.78 Å². The van der Waals surface area contributed by atoms with Crippen molar-refractivity contribution in [3.05, 3.63) is 22.9 Å². The van der Waals surface area contributed by atoms with Crippen LogP contribution in [-0.2, 0) is 7.05 Å². The van der Waals surface area contributed by atoms with Gasteiger partial charge in [0.05, 0.1) is 11.4 Å². The number of aromatic amines is 1. The summed E-state index contributed by atoms with van der Waals surface area (Å²) in [7, 11) is 1.89. The molecule has 4 nitrogen and oxygen atoms in total. The molecule has 0 fully saturated rings. The number of hydrogen-bond donors (Lipinski definition) is 1. The molecule has 2 heterocycles. The second-order valence-electron chi connectivity index (χ2n) is 2.45. The number of H-pyrrole nitrogens is 1. The van der Waals surface area contributed by atoms with Crippen LogP contribution >= 0.6 is 15.9 Å². The Bertz CT molecular complexity index is 376. The van der Waals surface area contributed by atoms with E-state index in [4.69, 9.17) is 0 Å². The predicted octanol–water partition coefficient (Wildman–Crippen LogP) is 1.57. The first-order valence-corrected chi connectivity index (χ1v) is 4.26. The van der Waals surface area contributed by atoms with Crippen LogP contribution in [0.5, 0.6) is 0 Å². The molecule has 1 N–H and O–H groups in total. The van der Waals surface area contributed by atoms with E-state index in [-0.39, 0.29) is 0 Å². The van der Waals surface area contributed by atoms with Crippen molar-refractivity contribution in [3.8, 4) is 11.4 Å². The van der Waals surface area contributed by atoms with Crippen LogP contribution < -0.4 is 0 Å². The quantitative estimate of drug-likeness (QED) is 0.803. The van der Waals surface area contributed by atoms with Gasteiger partial charge in [-0.15, -0.1) is 0 Å². The minimum atomic E-state index is 0.828. The third-order valence-corrected chi connectivity index (χ3v) is 2.01. The van der Waals surface area contributed by atoms with E-state index in [9.17, 15) is 0 Å². The van der Waals surface area contributed by atoms with Crippen LogP contribution in [0.3, 0.4) is 0 Å². The molecule has 0 unspecified atom stereocenters. The highest BCUT2D eigenvalue weighted by Gasteiger charge is 2.05. The van der Waals surface area contributed by atoms with Crippen LogP contribution in [0.1, 0.15) is 0 Å². The SMILES string of the molecule is Cn1nc(Br)cc1-c1ccn[nH]1. The zero-order chi connectivity index (χ0) is 8.55. The van der Waals surface area contributed by atoms with E-state index < -0.39 is 0 Å². The molecule has 0 amide bonds. The number of aromatic nitrogens is 4. The van der Waals surface area contributed by atoms with E-state index in [0.717, 1.165) is 16.0 Å². The van der Waals surface area contributed by atoms with Crippen LogP contribution in [-0.4, -0.2) is 20.0 Å². The normalized spacial score (nSPS) is 10.5. The maximum absolute atomic E-state index is 4.15. The van der Waals surface area contributed by atoms with Gasteiger partial charge in [0, 0.05) is 19.3 Å². The third kappa shape index (κ3) is 1.16. The van der Waals surface area contributed by atoms with Gasteiger partial charge in [0.1, 0.15) is 4.60 Å². The first-order valence-electron chi connectivity index (χ1n) is 3.46. The van der Waals surface area contributed by atoms with Gasteiger partial charge in [-0.2, -0.15) is 10.2 Å². The van der Waals surface area contributed by atoms with Crippen molar-refractivity contribution in [3.63, 3.8) is 0 Å². The van der Waals surface area contributed by atoms with Gasteiger partial charge >= 0.3 is 0 Å². The number of hydrogen-bond acceptors (Lipinski definition) is 2. The summed E-state index contributed by atoms with van der Waals surface area (Å²) in [6.45, 7) is 0. The van der Waals surface area contributed by atoms with Crippen molar-refractivity contribution < 1.29 is 0 Å². The van der Waals surface area contributed by atoms with Crippen molar-refractivity contribution >= 4 is 15.9 Å². The minimum Gasteiger partial charge on any atom is -0.276 e. The second-order valence-corrected chi connectivity index (χ2v) is 3.26. The van der Waals surface area contributed by atoms with Crippen molar-refractivity contribution in [1.82, 2.24) is 20.0 Å². The molecule has 0 aromatic carbocycles. The fraction of sp³-hybridized carbons (Fsp3) is 0.143. The smallest absolute Gasteiger partial charge is 0.128 e. The molecule has 62 valence electrons. The van der Waals surface area contributed by atoms with E-state index in [0.29, 0.717) is 0 Å². The van der Waals surface area contributed by atoms with Gasteiger partial charge in [-0.1, -0.05) is 0 Å². The summed E-state index contributed by atoms with van der Waals surface area (Å²) in [5.74, 6) is 0. The molecule has 0 saturated carbocycles. The van der Waals surface area contributed by atoms with E-state index in [1.165, 1.54) is 0 Å². The van der Waals surface area contributed by atoms with Gasteiger partial charge in [-0.05, 0) is 22.0 Å². The predicted molar refractivity (Wildman–Crippen MR) is 48.5 cm³/mol. The Balaban J connectivity index is 2.54. The molecule has 2 rings (SSSR count). The van der Waals surface area contributed by atoms with Crippen molar-refractivity contribution in [1.29, 1.82) is 0 Å².